The highest BCUT2D eigenvalue weighted by Crippen LogP contribution is 2.10. The molecule has 74 valence electrons. The van der Waals surface area contributed by atoms with Gasteiger partial charge in [-0.1, -0.05) is 12.1 Å². The van der Waals surface area contributed by atoms with Crippen molar-refractivity contribution in [3.63, 3.8) is 0 Å². The van der Waals surface area contributed by atoms with E-state index in [4.69, 9.17) is 0 Å². The number of benzene rings is 1. The molecule has 0 atom stereocenters. The Morgan fingerprint density at radius 2 is 2.33 bits per heavy atom. The maximum Gasteiger partial charge on any atom is 0.235 e. The molecule has 4 heteroatoms. The first kappa shape index (κ1) is 9.37. The number of nitrogens with zero attached hydrogens (tertiary/aromatic N) is 3. The minimum absolute atomic E-state index is 0.360. The highest BCUT2D eigenvalue weighted by Gasteiger charge is 1.97. The number of aromatic nitrogens is 2. The molecule has 0 N–H and O–H groups in total. The average Bonchev–Trinajstić information content (AvgIpc) is 2.80. The molecule has 0 radical (unpaired) electrons. The summed E-state index contributed by atoms with van der Waals surface area (Å²) in [6.45, 7) is 0.360. The van der Waals surface area contributed by atoms with Crippen molar-refractivity contribution in [1.82, 2.24) is 9.78 Å². The second-order valence-electron chi connectivity index (χ2n) is 3.03. The van der Waals surface area contributed by atoms with Gasteiger partial charge < -0.3 is 0 Å². The van der Waals surface area contributed by atoms with Crippen LogP contribution in [0.3, 0.4) is 0 Å². The van der Waals surface area contributed by atoms with Gasteiger partial charge in [0.05, 0.1) is 12.2 Å². The monoisotopic (exact) mass is 199 g/mol. The fourth-order valence-electron chi connectivity index (χ4n) is 1.34. The van der Waals surface area contributed by atoms with Crippen LogP contribution in [-0.2, 0) is 11.3 Å². The number of rotatable bonds is 3. The van der Waals surface area contributed by atoms with E-state index in [0.29, 0.717) is 6.54 Å². The van der Waals surface area contributed by atoms with Crippen LogP contribution >= 0.6 is 0 Å². The molecule has 0 unspecified atom stereocenters. The first-order valence-electron chi connectivity index (χ1n) is 4.53. The molecule has 0 spiro atoms. The van der Waals surface area contributed by atoms with Gasteiger partial charge in [0.25, 0.3) is 0 Å². The number of aliphatic imine (C=N–C) groups is 1. The molecule has 2 rings (SSSR count). The van der Waals surface area contributed by atoms with Gasteiger partial charge in [0.15, 0.2) is 0 Å². The van der Waals surface area contributed by atoms with Crippen LogP contribution in [0.15, 0.2) is 47.7 Å². The van der Waals surface area contributed by atoms with Gasteiger partial charge in [-0.2, -0.15) is 5.10 Å². The molecule has 0 fully saturated rings. The Labute approximate surface area is 86.9 Å². The Morgan fingerprint density at radius 3 is 3.07 bits per heavy atom. The zero-order valence-electron chi connectivity index (χ0n) is 8.00. The van der Waals surface area contributed by atoms with Crippen molar-refractivity contribution in [2.45, 2.75) is 6.54 Å². The van der Waals surface area contributed by atoms with Gasteiger partial charge >= 0.3 is 0 Å². The Bertz CT molecular complexity index is 484. The highest BCUT2D eigenvalue weighted by atomic mass is 16.1. The molecule has 1 aromatic carbocycles. The summed E-state index contributed by atoms with van der Waals surface area (Å²) in [6.07, 6.45) is 5.10. The van der Waals surface area contributed by atoms with Gasteiger partial charge in [-0.3, -0.25) is 0 Å². The lowest BCUT2D eigenvalue weighted by Crippen LogP contribution is -1.94. The molecule has 1 aromatic heterocycles. The summed E-state index contributed by atoms with van der Waals surface area (Å²) in [7, 11) is 0. The Hall–Kier alpha value is -2.19. The smallest absolute Gasteiger partial charge is 0.235 e. The van der Waals surface area contributed by atoms with Crippen molar-refractivity contribution in [2.24, 2.45) is 4.99 Å². The van der Waals surface area contributed by atoms with Crippen LogP contribution < -0.4 is 0 Å². The second kappa shape index (κ2) is 4.35. The third-order valence-corrected chi connectivity index (χ3v) is 2.01. The Kier molecular flexibility index (Phi) is 2.72. The summed E-state index contributed by atoms with van der Waals surface area (Å²) >= 11 is 0. The number of isocyanates is 1. The Morgan fingerprint density at radius 1 is 1.40 bits per heavy atom. The van der Waals surface area contributed by atoms with E-state index in [9.17, 15) is 4.79 Å². The molecule has 4 nitrogen and oxygen atoms in total. The molecular weight excluding hydrogens is 190 g/mol. The summed E-state index contributed by atoms with van der Waals surface area (Å²) in [5.41, 5.74) is 1.92. The van der Waals surface area contributed by atoms with E-state index in [0.717, 1.165) is 11.3 Å². The number of hydrogen-bond acceptors (Lipinski definition) is 3. The molecule has 0 aliphatic carbocycles. The predicted octanol–water partition coefficient (Wildman–Crippen LogP) is 1.71. The lowest BCUT2D eigenvalue weighted by molar-refractivity contribution is 0.563. The van der Waals surface area contributed by atoms with Crippen LogP contribution in [0.5, 0.6) is 0 Å². The number of carbonyl (C=O) groups excluding carboxylic acids is 1. The van der Waals surface area contributed by atoms with E-state index in [-0.39, 0.29) is 0 Å². The van der Waals surface area contributed by atoms with Crippen LogP contribution in [0.2, 0.25) is 0 Å². The molecular formula is C11H9N3O. The van der Waals surface area contributed by atoms with E-state index in [1.807, 2.05) is 36.5 Å². The first-order chi connectivity index (χ1) is 7.40. The summed E-state index contributed by atoms with van der Waals surface area (Å²) in [6, 6.07) is 9.56. The molecule has 15 heavy (non-hydrogen) atoms. The highest BCUT2D eigenvalue weighted by molar-refractivity contribution is 5.37. The average molecular weight is 199 g/mol. The van der Waals surface area contributed by atoms with E-state index in [1.165, 1.54) is 6.08 Å². The second-order valence-corrected chi connectivity index (χ2v) is 3.03. The molecule has 0 aliphatic heterocycles. The van der Waals surface area contributed by atoms with Crippen molar-refractivity contribution in [1.29, 1.82) is 0 Å². The third-order valence-electron chi connectivity index (χ3n) is 2.01. The molecule has 0 saturated heterocycles. The molecule has 0 aliphatic rings. The summed E-state index contributed by atoms with van der Waals surface area (Å²) < 4.78 is 1.76. The van der Waals surface area contributed by atoms with Crippen molar-refractivity contribution in [3.8, 4) is 5.69 Å². The topological polar surface area (TPSA) is 47.2 Å². The van der Waals surface area contributed by atoms with E-state index >= 15 is 0 Å². The number of hydrogen-bond donors (Lipinski definition) is 0. The zero-order valence-corrected chi connectivity index (χ0v) is 8.00. The van der Waals surface area contributed by atoms with Crippen LogP contribution in [0.1, 0.15) is 5.56 Å². The Balaban J connectivity index is 2.30. The molecule has 1 heterocycles. The SMILES string of the molecule is O=C=NCc1cccc(-n2cccn2)c1. The van der Waals surface area contributed by atoms with Gasteiger partial charge in [-0.25, -0.2) is 14.5 Å². The van der Waals surface area contributed by atoms with Gasteiger partial charge in [0, 0.05) is 12.4 Å². The van der Waals surface area contributed by atoms with E-state index < -0.39 is 0 Å². The quantitative estimate of drug-likeness (QED) is 0.558. The normalized spacial score (nSPS) is 9.60. The zero-order chi connectivity index (χ0) is 10.5. The van der Waals surface area contributed by atoms with Crippen LogP contribution in [-0.4, -0.2) is 15.9 Å². The standard InChI is InChI=1S/C11H9N3O/c15-9-12-8-10-3-1-4-11(7-10)14-6-2-5-13-14/h1-7H,8H2. The van der Waals surface area contributed by atoms with Crippen LogP contribution in [0.4, 0.5) is 0 Å². The van der Waals surface area contributed by atoms with Gasteiger partial charge in [0.1, 0.15) is 0 Å². The van der Waals surface area contributed by atoms with E-state index in [1.54, 1.807) is 10.9 Å². The minimum atomic E-state index is 0.360. The lowest BCUT2D eigenvalue weighted by atomic mass is 10.2. The minimum Gasteiger partial charge on any atom is -0.241 e. The van der Waals surface area contributed by atoms with E-state index in [2.05, 4.69) is 10.1 Å². The summed E-state index contributed by atoms with van der Waals surface area (Å²) in [4.78, 5) is 13.5. The van der Waals surface area contributed by atoms with Crippen LogP contribution in [0.25, 0.3) is 5.69 Å². The molecule has 0 bridgehead atoms. The van der Waals surface area contributed by atoms with Gasteiger partial charge in [-0.15, -0.1) is 0 Å². The summed E-state index contributed by atoms with van der Waals surface area (Å²) in [5.74, 6) is 0. The molecule has 0 saturated carbocycles. The van der Waals surface area contributed by atoms with Gasteiger partial charge in [-0.05, 0) is 23.8 Å². The van der Waals surface area contributed by atoms with Crippen molar-refractivity contribution in [3.05, 3.63) is 48.3 Å². The molecule has 0 amide bonds. The summed E-state index contributed by atoms with van der Waals surface area (Å²) in [5, 5.41) is 4.12. The fraction of sp³-hybridized carbons (Fsp3) is 0.0909. The first-order valence-corrected chi connectivity index (χ1v) is 4.53. The third kappa shape index (κ3) is 2.18. The maximum absolute atomic E-state index is 9.98. The van der Waals surface area contributed by atoms with Crippen LogP contribution in [0, 0.1) is 0 Å². The van der Waals surface area contributed by atoms with Gasteiger partial charge in [0.2, 0.25) is 6.08 Å². The van der Waals surface area contributed by atoms with Crippen molar-refractivity contribution in [2.75, 3.05) is 0 Å². The molecule has 2 aromatic rings. The fourth-order valence-corrected chi connectivity index (χ4v) is 1.34. The largest absolute Gasteiger partial charge is 0.241 e. The predicted molar refractivity (Wildman–Crippen MR) is 55.4 cm³/mol. The van der Waals surface area contributed by atoms with Crippen molar-refractivity contribution >= 4 is 6.08 Å². The van der Waals surface area contributed by atoms with Crippen molar-refractivity contribution < 1.29 is 4.79 Å². The maximum atomic E-state index is 9.98. The lowest BCUT2D eigenvalue weighted by Gasteiger charge is -2.02.